The molecule has 1 aromatic heterocycles. The fraction of sp³-hybridized carbons (Fsp3) is 0.400. The molecular weight excluding hydrogens is 424 g/mol. The van der Waals surface area contributed by atoms with E-state index >= 15 is 0 Å². The number of furan rings is 1. The Kier molecular flexibility index (Phi) is 5.93. The molecule has 4 nitrogen and oxygen atoms in total. The molecule has 0 amide bonds. The predicted octanol–water partition coefficient (Wildman–Crippen LogP) is 6.42. The van der Waals surface area contributed by atoms with Gasteiger partial charge >= 0.3 is 5.97 Å². The first-order valence-electron chi connectivity index (χ1n) is 12.4. The Morgan fingerprint density at radius 1 is 1.03 bits per heavy atom. The molecule has 4 heteroatoms. The highest BCUT2D eigenvalue weighted by atomic mass is 16.5. The molecular formula is C30H32O4. The zero-order chi connectivity index (χ0) is 23.9. The predicted molar refractivity (Wildman–Crippen MR) is 131 cm³/mol. The molecule has 2 aliphatic rings. The summed E-state index contributed by atoms with van der Waals surface area (Å²) in [6.07, 6.45) is 2.95. The topological polar surface area (TPSA) is 56.5 Å². The Bertz CT molecular complexity index is 1190. The summed E-state index contributed by atoms with van der Waals surface area (Å²) >= 11 is 0. The van der Waals surface area contributed by atoms with E-state index in [-0.39, 0.29) is 30.1 Å². The van der Waals surface area contributed by atoms with E-state index in [1.165, 1.54) is 5.56 Å². The first kappa shape index (κ1) is 22.6. The molecule has 0 radical (unpaired) electrons. The van der Waals surface area contributed by atoms with Crippen molar-refractivity contribution >= 4 is 11.8 Å². The summed E-state index contributed by atoms with van der Waals surface area (Å²) < 4.78 is 12.3. The molecule has 5 rings (SSSR count). The third kappa shape index (κ3) is 3.79. The number of ketones is 1. The second-order valence-corrected chi connectivity index (χ2v) is 10.2. The van der Waals surface area contributed by atoms with Crippen LogP contribution in [0.15, 0.2) is 71.1 Å². The van der Waals surface area contributed by atoms with Gasteiger partial charge in [-0.15, -0.1) is 0 Å². The molecule has 0 N–H and O–H groups in total. The van der Waals surface area contributed by atoms with Crippen LogP contribution in [0.2, 0.25) is 0 Å². The first-order chi connectivity index (χ1) is 16.4. The van der Waals surface area contributed by atoms with Crippen molar-refractivity contribution < 1.29 is 18.7 Å². The number of fused-ring (bicyclic) bond motifs is 1. The third-order valence-corrected chi connectivity index (χ3v) is 7.95. The second kappa shape index (κ2) is 8.90. The average molecular weight is 457 g/mol. The molecule has 1 heterocycles. The van der Waals surface area contributed by atoms with E-state index in [9.17, 15) is 9.59 Å². The van der Waals surface area contributed by atoms with Crippen molar-refractivity contribution in [2.24, 2.45) is 11.8 Å². The summed E-state index contributed by atoms with van der Waals surface area (Å²) in [6.45, 7) is 6.26. The van der Waals surface area contributed by atoms with E-state index in [0.29, 0.717) is 23.0 Å². The lowest BCUT2D eigenvalue weighted by molar-refractivity contribution is -0.160. The minimum atomic E-state index is -1.46. The summed E-state index contributed by atoms with van der Waals surface area (Å²) in [7, 11) is 0. The standard InChI is InChI=1S/C30H32O4/c1-19-13-15-24(21(3)22-9-5-4-6-10-22)26(17-19)34-29(32)30(27-16-14-20(2)33-27)18-23-11-7-8-12-25(23)28(30)31/h4-12,14,16,19,21,24,26H,13,15,17-18H2,1-3H3. The van der Waals surface area contributed by atoms with Crippen molar-refractivity contribution in [1.29, 1.82) is 0 Å². The molecule has 176 valence electrons. The number of carbonyl (C=O) groups is 2. The Hall–Kier alpha value is -3.14. The van der Waals surface area contributed by atoms with Gasteiger partial charge in [0.25, 0.3) is 0 Å². The second-order valence-electron chi connectivity index (χ2n) is 10.2. The van der Waals surface area contributed by atoms with E-state index in [1.54, 1.807) is 12.1 Å². The number of aryl methyl sites for hydroxylation is 1. The molecule has 0 bridgehead atoms. The molecule has 1 saturated carbocycles. The molecule has 1 fully saturated rings. The largest absolute Gasteiger partial charge is 0.465 e. The van der Waals surface area contributed by atoms with E-state index in [1.807, 2.05) is 37.3 Å². The minimum Gasteiger partial charge on any atom is -0.465 e. The summed E-state index contributed by atoms with van der Waals surface area (Å²) in [5, 5.41) is 0. The van der Waals surface area contributed by atoms with E-state index in [2.05, 4.69) is 38.1 Å². The normalized spacial score (nSPS) is 27.3. The van der Waals surface area contributed by atoms with Gasteiger partial charge in [-0.3, -0.25) is 9.59 Å². The molecule has 34 heavy (non-hydrogen) atoms. The van der Waals surface area contributed by atoms with Crippen LogP contribution in [0.5, 0.6) is 0 Å². The van der Waals surface area contributed by atoms with Crippen LogP contribution in [0.3, 0.4) is 0 Å². The Morgan fingerprint density at radius 2 is 1.76 bits per heavy atom. The van der Waals surface area contributed by atoms with Crippen molar-refractivity contribution in [3.05, 3.63) is 94.9 Å². The molecule has 5 atom stereocenters. The van der Waals surface area contributed by atoms with Gasteiger partial charge in [0.05, 0.1) is 0 Å². The number of ether oxygens (including phenoxy) is 1. The van der Waals surface area contributed by atoms with Crippen LogP contribution >= 0.6 is 0 Å². The smallest absolute Gasteiger partial charge is 0.328 e. The Morgan fingerprint density at radius 3 is 2.47 bits per heavy atom. The number of hydrogen-bond donors (Lipinski definition) is 0. The quantitative estimate of drug-likeness (QED) is 0.328. The van der Waals surface area contributed by atoms with Crippen molar-refractivity contribution in [2.45, 2.75) is 63.9 Å². The van der Waals surface area contributed by atoms with Gasteiger partial charge in [-0.05, 0) is 54.9 Å². The van der Waals surface area contributed by atoms with E-state index in [4.69, 9.17) is 9.15 Å². The lowest BCUT2D eigenvalue weighted by Gasteiger charge is -2.39. The van der Waals surface area contributed by atoms with Gasteiger partial charge in [-0.25, -0.2) is 0 Å². The SMILES string of the molecule is Cc1ccc(C2(C(=O)OC3CC(C)CCC3C(C)c3ccccc3)Cc3ccccc3C2=O)o1. The lowest BCUT2D eigenvalue weighted by atomic mass is 9.72. The van der Waals surface area contributed by atoms with Gasteiger partial charge in [0.15, 0.2) is 11.2 Å². The monoisotopic (exact) mass is 456 g/mol. The fourth-order valence-corrected chi connectivity index (χ4v) is 5.92. The van der Waals surface area contributed by atoms with Gasteiger partial charge in [-0.2, -0.15) is 0 Å². The van der Waals surface area contributed by atoms with Crippen molar-refractivity contribution in [1.82, 2.24) is 0 Å². The van der Waals surface area contributed by atoms with Gasteiger partial charge in [-0.1, -0.05) is 74.9 Å². The third-order valence-electron chi connectivity index (χ3n) is 7.95. The number of esters is 1. The zero-order valence-corrected chi connectivity index (χ0v) is 20.1. The van der Waals surface area contributed by atoms with Crippen molar-refractivity contribution in [3.8, 4) is 0 Å². The average Bonchev–Trinajstić information content (AvgIpc) is 3.41. The summed E-state index contributed by atoms with van der Waals surface area (Å²) in [5.74, 6) is 1.28. The fourth-order valence-electron chi connectivity index (χ4n) is 5.92. The Labute approximate surface area is 201 Å². The molecule has 0 saturated heterocycles. The van der Waals surface area contributed by atoms with Gasteiger partial charge in [0, 0.05) is 17.9 Å². The number of rotatable bonds is 5. The molecule has 2 aliphatic carbocycles. The minimum absolute atomic E-state index is 0.205. The number of carbonyl (C=O) groups excluding carboxylic acids is 2. The van der Waals surface area contributed by atoms with Crippen LogP contribution in [0.1, 0.15) is 72.0 Å². The van der Waals surface area contributed by atoms with Crippen molar-refractivity contribution in [2.75, 3.05) is 0 Å². The number of Topliss-reactive ketones (excluding diaryl/α,β-unsaturated/α-hetero) is 1. The highest BCUT2D eigenvalue weighted by Gasteiger charge is 2.57. The summed E-state index contributed by atoms with van der Waals surface area (Å²) in [6, 6.07) is 21.5. The summed E-state index contributed by atoms with van der Waals surface area (Å²) in [4.78, 5) is 27.8. The lowest BCUT2D eigenvalue weighted by Crippen LogP contribution is -2.46. The van der Waals surface area contributed by atoms with Crippen LogP contribution in [-0.4, -0.2) is 17.9 Å². The van der Waals surface area contributed by atoms with Gasteiger partial charge in [0.1, 0.15) is 17.6 Å². The maximum absolute atomic E-state index is 14.0. The maximum Gasteiger partial charge on any atom is 0.328 e. The molecule has 2 aromatic carbocycles. The van der Waals surface area contributed by atoms with Crippen molar-refractivity contribution in [3.63, 3.8) is 0 Å². The molecule has 0 spiro atoms. The van der Waals surface area contributed by atoms with Gasteiger partial charge < -0.3 is 9.15 Å². The maximum atomic E-state index is 14.0. The molecule has 5 unspecified atom stereocenters. The van der Waals surface area contributed by atoms with Gasteiger partial charge in [0.2, 0.25) is 0 Å². The summed E-state index contributed by atoms with van der Waals surface area (Å²) in [5.41, 5.74) is 1.24. The van der Waals surface area contributed by atoms with E-state index < -0.39 is 11.4 Å². The first-order valence-corrected chi connectivity index (χ1v) is 12.4. The van der Waals surface area contributed by atoms with Crippen LogP contribution in [0, 0.1) is 18.8 Å². The number of hydrogen-bond acceptors (Lipinski definition) is 4. The van der Waals surface area contributed by atoms with E-state index in [0.717, 1.165) is 24.8 Å². The van der Waals surface area contributed by atoms with Crippen LogP contribution in [-0.2, 0) is 21.4 Å². The number of benzene rings is 2. The highest BCUT2D eigenvalue weighted by Crippen LogP contribution is 2.45. The molecule has 3 aromatic rings. The highest BCUT2D eigenvalue weighted by molar-refractivity contribution is 6.20. The zero-order valence-electron chi connectivity index (χ0n) is 20.1. The van der Waals surface area contributed by atoms with Crippen LogP contribution in [0.25, 0.3) is 0 Å². The molecule has 0 aliphatic heterocycles. The Balaban J connectivity index is 1.49. The van der Waals surface area contributed by atoms with Crippen LogP contribution in [0.4, 0.5) is 0 Å². The van der Waals surface area contributed by atoms with Crippen LogP contribution < -0.4 is 0 Å².